The molecule has 0 spiro atoms. The molecule has 0 unspecified atom stereocenters. The molecule has 0 aliphatic carbocycles. The van der Waals surface area contributed by atoms with E-state index in [0.29, 0.717) is 27.0 Å². The summed E-state index contributed by atoms with van der Waals surface area (Å²) in [5.41, 5.74) is 3.00. The molecule has 0 saturated carbocycles. The summed E-state index contributed by atoms with van der Waals surface area (Å²) in [4.78, 5) is 12.2. The van der Waals surface area contributed by atoms with Crippen LogP contribution in [0.2, 0.25) is 10.0 Å². The zero-order valence-electron chi connectivity index (χ0n) is 14.5. The van der Waals surface area contributed by atoms with Crippen LogP contribution in [0.4, 0.5) is 5.69 Å². The summed E-state index contributed by atoms with van der Waals surface area (Å²) in [5.74, 6) is -0.171. The molecule has 7 nitrogen and oxygen atoms in total. The smallest absolute Gasteiger partial charge is 0.260 e. The van der Waals surface area contributed by atoms with Gasteiger partial charge >= 0.3 is 0 Å². The molecule has 0 aromatic heterocycles. The van der Waals surface area contributed by atoms with Crippen molar-refractivity contribution in [2.24, 2.45) is 5.10 Å². The molecular formula is C17H17Cl2N3O4S. The van der Waals surface area contributed by atoms with Crippen molar-refractivity contribution < 1.29 is 17.9 Å². The molecule has 10 heteroatoms. The number of rotatable bonds is 7. The molecule has 1 amide bonds. The predicted octanol–water partition coefficient (Wildman–Crippen LogP) is 2.92. The minimum atomic E-state index is -3.71. The standard InChI is InChI=1S/C17H17Cl2N3O4S/c1-26-13-6-3-5-12(9-13)22(27(2,24)25)11-17(23)21-20-10-14-15(18)7-4-8-16(14)19/h3-10H,11H2,1-2H3,(H,21,23)/b20-10-. The lowest BCUT2D eigenvalue weighted by Gasteiger charge is -2.21. The maximum Gasteiger partial charge on any atom is 0.260 e. The maximum atomic E-state index is 12.2. The van der Waals surface area contributed by atoms with Crippen LogP contribution < -0.4 is 14.5 Å². The van der Waals surface area contributed by atoms with Gasteiger partial charge in [-0.15, -0.1) is 0 Å². The van der Waals surface area contributed by atoms with Crippen molar-refractivity contribution in [3.63, 3.8) is 0 Å². The lowest BCUT2D eigenvalue weighted by molar-refractivity contribution is -0.119. The van der Waals surface area contributed by atoms with Crippen LogP contribution in [-0.4, -0.2) is 40.4 Å². The largest absolute Gasteiger partial charge is 0.497 e. The van der Waals surface area contributed by atoms with Gasteiger partial charge in [0.1, 0.15) is 12.3 Å². The Morgan fingerprint density at radius 2 is 1.85 bits per heavy atom. The fourth-order valence-corrected chi connectivity index (χ4v) is 3.48. The highest BCUT2D eigenvalue weighted by Gasteiger charge is 2.21. The van der Waals surface area contributed by atoms with Gasteiger partial charge in [-0.1, -0.05) is 35.3 Å². The SMILES string of the molecule is COc1cccc(N(CC(=O)N/N=C\c2c(Cl)cccc2Cl)S(C)(=O)=O)c1. The minimum Gasteiger partial charge on any atom is -0.497 e. The van der Waals surface area contributed by atoms with Crippen LogP contribution in [0.25, 0.3) is 0 Å². The third-order valence-electron chi connectivity index (χ3n) is 3.41. The second-order valence-electron chi connectivity index (χ2n) is 5.40. The van der Waals surface area contributed by atoms with Crippen LogP contribution in [0.1, 0.15) is 5.56 Å². The number of hydrogen-bond donors (Lipinski definition) is 1. The molecule has 0 atom stereocenters. The number of hydrazone groups is 1. The van der Waals surface area contributed by atoms with E-state index in [4.69, 9.17) is 27.9 Å². The van der Waals surface area contributed by atoms with E-state index in [1.807, 2.05) is 0 Å². The van der Waals surface area contributed by atoms with Crippen molar-refractivity contribution in [2.45, 2.75) is 0 Å². The third-order valence-corrected chi connectivity index (χ3v) is 5.21. The number of nitrogens with zero attached hydrogens (tertiary/aromatic N) is 2. The summed E-state index contributed by atoms with van der Waals surface area (Å²) in [6, 6.07) is 11.3. The molecule has 1 N–H and O–H groups in total. The van der Waals surface area contributed by atoms with Gasteiger partial charge in [0.05, 0.1) is 35.3 Å². The third kappa shape index (κ3) is 5.85. The Balaban J connectivity index is 2.14. The highest BCUT2D eigenvalue weighted by atomic mass is 35.5. The van der Waals surface area contributed by atoms with Gasteiger partial charge in [0, 0.05) is 11.6 Å². The first kappa shape index (κ1) is 21.0. The van der Waals surface area contributed by atoms with Gasteiger partial charge in [-0.2, -0.15) is 5.10 Å². The molecule has 0 aliphatic rings. The minimum absolute atomic E-state index is 0.296. The van der Waals surface area contributed by atoms with E-state index in [-0.39, 0.29) is 0 Å². The number of ether oxygens (including phenoxy) is 1. The van der Waals surface area contributed by atoms with E-state index >= 15 is 0 Å². The summed E-state index contributed by atoms with van der Waals surface area (Å²) in [6.45, 7) is -0.459. The van der Waals surface area contributed by atoms with Gasteiger partial charge in [-0.05, 0) is 24.3 Å². The number of benzene rings is 2. The van der Waals surface area contributed by atoms with E-state index in [1.54, 1.807) is 36.4 Å². The number of anilines is 1. The Hall–Kier alpha value is -2.29. The summed E-state index contributed by atoms with van der Waals surface area (Å²) >= 11 is 12.0. The number of hydrogen-bond acceptors (Lipinski definition) is 5. The fourth-order valence-electron chi connectivity index (χ4n) is 2.13. The van der Waals surface area contributed by atoms with Crippen LogP contribution >= 0.6 is 23.2 Å². The van der Waals surface area contributed by atoms with Crippen LogP contribution in [0.15, 0.2) is 47.6 Å². The summed E-state index contributed by atoms with van der Waals surface area (Å²) < 4.78 is 30.2. The number of nitrogens with one attached hydrogen (secondary N) is 1. The van der Waals surface area contributed by atoms with Crippen molar-refractivity contribution in [2.75, 3.05) is 24.2 Å². The molecule has 144 valence electrons. The molecular weight excluding hydrogens is 413 g/mol. The van der Waals surface area contributed by atoms with Crippen molar-refractivity contribution in [3.05, 3.63) is 58.1 Å². The van der Waals surface area contributed by atoms with Gasteiger partial charge in [0.25, 0.3) is 5.91 Å². The van der Waals surface area contributed by atoms with E-state index < -0.39 is 22.5 Å². The van der Waals surface area contributed by atoms with Gasteiger partial charge in [0.2, 0.25) is 10.0 Å². The van der Waals surface area contributed by atoms with E-state index in [9.17, 15) is 13.2 Å². The predicted molar refractivity (Wildman–Crippen MR) is 107 cm³/mol. The summed E-state index contributed by atoms with van der Waals surface area (Å²) in [6.07, 6.45) is 2.30. The first-order valence-corrected chi connectivity index (χ1v) is 10.2. The van der Waals surface area contributed by atoms with Crippen LogP contribution in [0.5, 0.6) is 5.75 Å². The maximum absolute atomic E-state index is 12.2. The molecule has 2 aromatic carbocycles. The van der Waals surface area contributed by atoms with Crippen molar-refractivity contribution in [1.29, 1.82) is 0 Å². The topological polar surface area (TPSA) is 88.1 Å². The van der Waals surface area contributed by atoms with Gasteiger partial charge in [0.15, 0.2) is 0 Å². The molecule has 0 aliphatic heterocycles. The highest BCUT2D eigenvalue weighted by Crippen LogP contribution is 2.23. The highest BCUT2D eigenvalue weighted by molar-refractivity contribution is 7.92. The van der Waals surface area contributed by atoms with Crippen molar-refractivity contribution in [3.8, 4) is 5.75 Å². The number of amides is 1. The average Bonchev–Trinajstić information content (AvgIpc) is 2.61. The molecule has 0 bridgehead atoms. The van der Waals surface area contributed by atoms with Gasteiger partial charge in [-0.25, -0.2) is 13.8 Å². The normalized spacial score (nSPS) is 11.4. The van der Waals surface area contributed by atoms with E-state index in [0.717, 1.165) is 10.6 Å². The zero-order chi connectivity index (χ0) is 20.0. The van der Waals surface area contributed by atoms with Crippen molar-refractivity contribution >= 4 is 51.0 Å². The molecule has 27 heavy (non-hydrogen) atoms. The molecule has 0 heterocycles. The first-order chi connectivity index (χ1) is 12.7. The van der Waals surface area contributed by atoms with Crippen LogP contribution in [0.3, 0.4) is 0 Å². The number of halogens is 2. The average molecular weight is 430 g/mol. The second-order valence-corrected chi connectivity index (χ2v) is 8.12. The van der Waals surface area contributed by atoms with E-state index in [2.05, 4.69) is 10.5 Å². The molecule has 2 aromatic rings. The molecule has 0 saturated heterocycles. The van der Waals surface area contributed by atoms with Gasteiger partial charge in [-0.3, -0.25) is 9.10 Å². The number of carbonyl (C=O) groups excluding carboxylic acids is 1. The Kier molecular flexibility index (Phi) is 7.06. The monoisotopic (exact) mass is 429 g/mol. The zero-order valence-corrected chi connectivity index (χ0v) is 16.8. The quantitative estimate of drug-likeness (QED) is 0.541. The summed E-state index contributed by atoms with van der Waals surface area (Å²) in [5, 5.41) is 4.53. The lowest BCUT2D eigenvalue weighted by atomic mass is 10.2. The number of carbonyl (C=O) groups is 1. The first-order valence-electron chi connectivity index (χ1n) is 7.60. The fraction of sp³-hybridized carbons (Fsp3) is 0.176. The van der Waals surface area contributed by atoms with Crippen molar-refractivity contribution in [1.82, 2.24) is 5.43 Å². The summed E-state index contributed by atoms with van der Waals surface area (Å²) in [7, 11) is -2.24. The van der Waals surface area contributed by atoms with Crippen LogP contribution in [-0.2, 0) is 14.8 Å². The Labute approximate surface area is 167 Å². The number of sulfonamides is 1. The van der Waals surface area contributed by atoms with E-state index in [1.165, 1.54) is 19.4 Å². The Morgan fingerprint density at radius 3 is 2.44 bits per heavy atom. The molecule has 2 rings (SSSR count). The van der Waals surface area contributed by atoms with Crippen LogP contribution in [0, 0.1) is 0 Å². The van der Waals surface area contributed by atoms with Gasteiger partial charge < -0.3 is 4.74 Å². The molecule has 0 fully saturated rings. The second kappa shape index (κ2) is 9.07. The Bertz CT molecular complexity index is 944. The lowest BCUT2D eigenvalue weighted by Crippen LogP contribution is -2.39. The molecule has 0 radical (unpaired) electrons. The number of methoxy groups -OCH3 is 1. The Morgan fingerprint density at radius 1 is 1.22 bits per heavy atom.